The zero-order valence-corrected chi connectivity index (χ0v) is 15.5. The number of hydrogen-bond acceptors (Lipinski definition) is 4. The number of carbonyl (C=O) groups excluding carboxylic acids is 2. The number of halogens is 3. The number of amides is 2. The van der Waals surface area contributed by atoms with E-state index >= 15 is 0 Å². The Bertz CT molecular complexity index is 959. The summed E-state index contributed by atoms with van der Waals surface area (Å²) in [4.78, 5) is 24.8. The van der Waals surface area contributed by atoms with Crippen LogP contribution in [0.15, 0.2) is 35.9 Å². The first-order valence-corrected chi connectivity index (χ1v) is 8.34. The van der Waals surface area contributed by atoms with Gasteiger partial charge in [0.05, 0.1) is 27.9 Å². The molecule has 2 aromatic carbocycles. The lowest BCUT2D eigenvalue weighted by Gasteiger charge is -2.15. The molecule has 0 bridgehead atoms. The molecule has 2 aromatic rings. The van der Waals surface area contributed by atoms with E-state index in [1.807, 2.05) is 0 Å². The molecule has 0 spiro atoms. The van der Waals surface area contributed by atoms with Crippen LogP contribution in [0.2, 0.25) is 15.1 Å². The molecule has 0 saturated carbocycles. The topological polar surface area (TPSA) is 78.9 Å². The third-order valence-electron chi connectivity index (χ3n) is 3.63. The highest BCUT2D eigenvalue weighted by atomic mass is 35.5. The second kappa shape index (κ2) is 7.07. The molecule has 1 heterocycles. The summed E-state index contributed by atoms with van der Waals surface area (Å²) in [5, 5.41) is 11.4. The number of phenolic OH excluding ortho intramolecular Hbond substituents is 1. The molecule has 2 amide bonds. The number of hydrazine groups is 1. The second-order valence-electron chi connectivity index (χ2n) is 5.29. The number of phenols is 1. The van der Waals surface area contributed by atoms with E-state index in [1.165, 1.54) is 37.5 Å². The number of anilines is 1. The van der Waals surface area contributed by atoms with Gasteiger partial charge >= 0.3 is 0 Å². The van der Waals surface area contributed by atoms with Crippen molar-refractivity contribution in [1.29, 1.82) is 0 Å². The number of nitrogens with zero attached hydrogens (tertiary/aromatic N) is 1. The first-order valence-electron chi connectivity index (χ1n) is 7.20. The van der Waals surface area contributed by atoms with Gasteiger partial charge in [-0.1, -0.05) is 34.8 Å². The lowest BCUT2D eigenvalue weighted by atomic mass is 10.1. The summed E-state index contributed by atoms with van der Waals surface area (Å²) in [6.07, 6.45) is 1.35. The SMILES string of the molecule is COc1cc(C=C2C(=O)NN(c3ccc(Cl)c(Cl)c3)C2=O)cc(Cl)c1O. The van der Waals surface area contributed by atoms with Crippen LogP contribution in [0.1, 0.15) is 5.56 Å². The van der Waals surface area contributed by atoms with Crippen LogP contribution in [0.3, 0.4) is 0 Å². The van der Waals surface area contributed by atoms with Crippen molar-refractivity contribution >= 4 is 58.4 Å². The van der Waals surface area contributed by atoms with Crippen molar-refractivity contribution < 1.29 is 19.4 Å². The van der Waals surface area contributed by atoms with Gasteiger partial charge in [-0.3, -0.25) is 15.0 Å². The second-order valence-corrected chi connectivity index (χ2v) is 6.51. The Morgan fingerprint density at radius 2 is 1.81 bits per heavy atom. The summed E-state index contributed by atoms with van der Waals surface area (Å²) < 4.78 is 5.01. The molecule has 2 N–H and O–H groups in total. The van der Waals surface area contributed by atoms with Gasteiger partial charge in [0.15, 0.2) is 11.5 Å². The first kappa shape index (κ1) is 18.4. The molecule has 3 rings (SSSR count). The number of ether oxygens (including phenoxy) is 1. The minimum atomic E-state index is -0.593. The van der Waals surface area contributed by atoms with Gasteiger partial charge in [0, 0.05) is 0 Å². The molecule has 26 heavy (non-hydrogen) atoms. The Balaban J connectivity index is 1.98. The zero-order valence-electron chi connectivity index (χ0n) is 13.2. The van der Waals surface area contributed by atoms with Crippen LogP contribution in [0.4, 0.5) is 5.69 Å². The normalized spacial score (nSPS) is 15.5. The van der Waals surface area contributed by atoms with Crippen LogP contribution in [-0.2, 0) is 9.59 Å². The summed E-state index contributed by atoms with van der Waals surface area (Å²) >= 11 is 17.8. The Hall–Kier alpha value is -2.41. The average molecular weight is 414 g/mol. The third kappa shape index (κ3) is 3.31. The molecule has 0 unspecified atom stereocenters. The van der Waals surface area contributed by atoms with E-state index in [1.54, 1.807) is 6.07 Å². The molecule has 0 aromatic heterocycles. The summed E-state index contributed by atoms with van der Waals surface area (Å²) in [5.74, 6) is -1.27. The minimum Gasteiger partial charge on any atom is -0.503 e. The fourth-order valence-electron chi connectivity index (χ4n) is 2.36. The molecule has 1 aliphatic heterocycles. The van der Waals surface area contributed by atoms with Crippen LogP contribution < -0.4 is 15.2 Å². The van der Waals surface area contributed by atoms with Crippen molar-refractivity contribution in [1.82, 2.24) is 5.43 Å². The maximum absolute atomic E-state index is 12.6. The number of carbonyl (C=O) groups is 2. The van der Waals surface area contributed by atoms with Crippen LogP contribution in [0, 0.1) is 0 Å². The molecule has 9 heteroatoms. The molecule has 1 saturated heterocycles. The lowest BCUT2D eigenvalue weighted by Crippen LogP contribution is -2.35. The number of benzene rings is 2. The van der Waals surface area contributed by atoms with Gasteiger partial charge in [0.2, 0.25) is 0 Å². The number of aromatic hydroxyl groups is 1. The molecule has 0 atom stereocenters. The Morgan fingerprint density at radius 1 is 1.08 bits per heavy atom. The smallest absolute Gasteiger partial charge is 0.282 e. The lowest BCUT2D eigenvalue weighted by molar-refractivity contribution is -0.117. The number of nitrogens with one attached hydrogen (secondary N) is 1. The van der Waals surface area contributed by atoms with Crippen LogP contribution in [0.25, 0.3) is 6.08 Å². The predicted molar refractivity (Wildman–Crippen MR) is 99.7 cm³/mol. The monoisotopic (exact) mass is 412 g/mol. The van der Waals surface area contributed by atoms with Crippen molar-refractivity contribution in [2.45, 2.75) is 0 Å². The van der Waals surface area contributed by atoms with Gasteiger partial charge in [-0.15, -0.1) is 0 Å². The molecular formula is C17H11Cl3N2O4. The van der Waals surface area contributed by atoms with E-state index in [2.05, 4.69) is 5.43 Å². The van der Waals surface area contributed by atoms with Crippen LogP contribution in [0.5, 0.6) is 11.5 Å². The highest BCUT2D eigenvalue weighted by Gasteiger charge is 2.34. The molecule has 1 aliphatic rings. The third-order valence-corrected chi connectivity index (χ3v) is 4.66. The van der Waals surface area contributed by atoms with Crippen molar-refractivity contribution in [3.8, 4) is 11.5 Å². The minimum absolute atomic E-state index is 0.0309. The van der Waals surface area contributed by atoms with E-state index in [0.29, 0.717) is 16.3 Å². The molecule has 6 nitrogen and oxygen atoms in total. The number of rotatable bonds is 3. The van der Waals surface area contributed by atoms with Gasteiger partial charge in [-0.05, 0) is 42.0 Å². The van der Waals surface area contributed by atoms with E-state index in [9.17, 15) is 14.7 Å². The van der Waals surface area contributed by atoms with Crippen molar-refractivity contribution in [3.05, 3.63) is 56.5 Å². The standard InChI is InChI=1S/C17H11Cl3N2O4/c1-26-14-6-8(5-13(20)15(14)23)4-10-16(24)21-22(17(10)25)9-2-3-11(18)12(19)7-9/h2-7,23H,1H3,(H,21,24). The maximum Gasteiger partial charge on any atom is 0.282 e. The summed E-state index contributed by atoms with van der Waals surface area (Å²) in [6, 6.07) is 7.40. The van der Waals surface area contributed by atoms with Gasteiger partial charge in [-0.2, -0.15) is 0 Å². The Morgan fingerprint density at radius 3 is 2.46 bits per heavy atom. The van der Waals surface area contributed by atoms with E-state index in [0.717, 1.165) is 5.01 Å². The summed E-state index contributed by atoms with van der Waals surface area (Å²) in [7, 11) is 1.36. The van der Waals surface area contributed by atoms with E-state index < -0.39 is 11.8 Å². The summed E-state index contributed by atoms with van der Waals surface area (Å²) in [5.41, 5.74) is 3.12. The largest absolute Gasteiger partial charge is 0.503 e. The fourth-order valence-corrected chi connectivity index (χ4v) is 2.87. The molecular weight excluding hydrogens is 403 g/mol. The van der Waals surface area contributed by atoms with Crippen LogP contribution in [-0.4, -0.2) is 24.0 Å². The molecule has 0 radical (unpaired) electrons. The molecule has 0 aliphatic carbocycles. The molecule has 1 fully saturated rings. The zero-order chi connectivity index (χ0) is 19.0. The van der Waals surface area contributed by atoms with E-state index in [4.69, 9.17) is 39.5 Å². The average Bonchev–Trinajstić information content (AvgIpc) is 2.88. The number of methoxy groups -OCH3 is 1. The van der Waals surface area contributed by atoms with Crippen molar-refractivity contribution in [3.63, 3.8) is 0 Å². The van der Waals surface area contributed by atoms with Crippen molar-refractivity contribution in [2.24, 2.45) is 0 Å². The van der Waals surface area contributed by atoms with Gasteiger partial charge in [0.25, 0.3) is 11.8 Å². The predicted octanol–water partition coefficient (Wildman–Crippen LogP) is 3.82. The maximum atomic E-state index is 12.6. The van der Waals surface area contributed by atoms with Gasteiger partial charge in [-0.25, -0.2) is 5.01 Å². The summed E-state index contributed by atoms with van der Waals surface area (Å²) in [6.45, 7) is 0. The number of hydrogen-bond donors (Lipinski definition) is 2. The fraction of sp³-hybridized carbons (Fsp3) is 0.0588. The quantitative estimate of drug-likeness (QED) is 0.592. The Kier molecular flexibility index (Phi) is 5.00. The first-order chi connectivity index (χ1) is 12.3. The molecule has 134 valence electrons. The van der Waals surface area contributed by atoms with Crippen molar-refractivity contribution in [2.75, 3.05) is 12.1 Å². The van der Waals surface area contributed by atoms with Gasteiger partial charge < -0.3 is 9.84 Å². The van der Waals surface area contributed by atoms with Crippen LogP contribution >= 0.6 is 34.8 Å². The van der Waals surface area contributed by atoms with Gasteiger partial charge in [0.1, 0.15) is 5.57 Å². The highest BCUT2D eigenvalue weighted by molar-refractivity contribution is 6.42. The van der Waals surface area contributed by atoms with E-state index in [-0.39, 0.29) is 27.1 Å². The Labute approximate surface area is 163 Å². The highest BCUT2D eigenvalue weighted by Crippen LogP contribution is 2.36.